The summed E-state index contributed by atoms with van der Waals surface area (Å²) in [4.78, 5) is 6.94. The number of benzene rings is 1. The van der Waals surface area contributed by atoms with E-state index in [1.807, 2.05) is 24.6 Å². The number of halogens is 1. The molecule has 0 saturated heterocycles. The largest absolute Gasteiger partial charge is 0.382 e. The van der Waals surface area contributed by atoms with Crippen LogP contribution in [0.2, 0.25) is 0 Å². The Kier molecular flexibility index (Phi) is 14.7. The molecule has 1 heterocycles. The predicted molar refractivity (Wildman–Crippen MR) is 140 cm³/mol. The molecular weight excluding hydrogens is 521 g/mol. The number of aromatic nitrogens is 3. The van der Waals surface area contributed by atoms with Gasteiger partial charge in [-0.2, -0.15) is 0 Å². The molecule has 10 heteroatoms. The van der Waals surface area contributed by atoms with Crippen LogP contribution in [0, 0.1) is 6.92 Å². The molecule has 0 unspecified atom stereocenters. The summed E-state index contributed by atoms with van der Waals surface area (Å²) >= 11 is 0. The van der Waals surface area contributed by atoms with Crippen molar-refractivity contribution >= 4 is 35.6 Å². The van der Waals surface area contributed by atoms with Crippen LogP contribution in [0.3, 0.4) is 0 Å². The molecular formula is C22H38IN7O2. The summed E-state index contributed by atoms with van der Waals surface area (Å²) in [5, 5.41) is 15.1. The Morgan fingerprint density at radius 2 is 1.78 bits per heavy atom. The van der Waals surface area contributed by atoms with E-state index in [-0.39, 0.29) is 24.0 Å². The van der Waals surface area contributed by atoms with Gasteiger partial charge in [0.25, 0.3) is 0 Å². The third-order valence-corrected chi connectivity index (χ3v) is 4.91. The molecule has 2 N–H and O–H groups in total. The van der Waals surface area contributed by atoms with E-state index in [0.717, 1.165) is 50.1 Å². The fourth-order valence-electron chi connectivity index (χ4n) is 2.87. The van der Waals surface area contributed by atoms with E-state index in [0.29, 0.717) is 26.4 Å². The van der Waals surface area contributed by atoms with Gasteiger partial charge in [-0.25, -0.2) is 4.99 Å². The predicted octanol–water partition coefficient (Wildman–Crippen LogP) is 2.36. The Morgan fingerprint density at radius 1 is 1.06 bits per heavy atom. The molecule has 2 rings (SSSR count). The second-order valence-electron chi connectivity index (χ2n) is 7.31. The van der Waals surface area contributed by atoms with Crippen molar-refractivity contribution in [1.82, 2.24) is 25.4 Å². The molecule has 180 valence electrons. The van der Waals surface area contributed by atoms with Gasteiger partial charge in [0.05, 0.1) is 13.2 Å². The van der Waals surface area contributed by atoms with Gasteiger partial charge in [-0.1, -0.05) is 18.2 Å². The first-order chi connectivity index (χ1) is 15.1. The van der Waals surface area contributed by atoms with E-state index in [4.69, 9.17) is 9.47 Å². The van der Waals surface area contributed by atoms with E-state index in [9.17, 15) is 0 Å². The number of rotatable bonds is 14. The minimum atomic E-state index is 0. The van der Waals surface area contributed by atoms with E-state index < -0.39 is 0 Å². The Balaban J connectivity index is 0.00000512. The maximum absolute atomic E-state index is 5.52. The summed E-state index contributed by atoms with van der Waals surface area (Å²) in [6, 6.07) is 10.4. The standard InChI is InChI=1S/C22H37N7O2.HI/c1-19-26-27-21(29(19)3)18-25-22(24-13-9-15-31-17-16-30-4)23-12-8-14-28(2)20-10-6-5-7-11-20;/h5-7,10-11H,8-9,12-18H2,1-4H3,(H2,23,24,25);1H. The first kappa shape index (κ1) is 28.1. The second kappa shape index (κ2) is 16.7. The molecule has 0 saturated carbocycles. The molecule has 0 bridgehead atoms. The number of hydrogen-bond donors (Lipinski definition) is 2. The third-order valence-electron chi connectivity index (χ3n) is 4.91. The van der Waals surface area contributed by atoms with Crippen LogP contribution >= 0.6 is 24.0 Å². The highest BCUT2D eigenvalue weighted by Gasteiger charge is 2.06. The number of hydrogen-bond acceptors (Lipinski definition) is 6. The summed E-state index contributed by atoms with van der Waals surface area (Å²) < 4.78 is 12.5. The van der Waals surface area contributed by atoms with Crippen LogP contribution in [-0.2, 0) is 23.1 Å². The van der Waals surface area contributed by atoms with Crippen molar-refractivity contribution < 1.29 is 9.47 Å². The average Bonchev–Trinajstić information content (AvgIpc) is 3.11. The lowest BCUT2D eigenvalue weighted by molar-refractivity contribution is 0.0698. The summed E-state index contributed by atoms with van der Waals surface area (Å²) in [6.45, 7) is 6.90. The van der Waals surface area contributed by atoms with Crippen LogP contribution in [0.4, 0.5) is 5.69 Å². The van der Waals surface area contributed by atoms with E-state index in [1.54, 1.807) is 7.11 Å². The maximum Gasteiger partial charge on any atom is 0.191 e. The fraction of sp³-hybridized carbons (Fsp3) is 0.591. The molecule has 0 spiro atoms. The van der Waals surface area contributed by atoms with E-state index in [2.05, 4.69) is 62.0 Å². The molecule has 0 fully saturated rings. The van der Waals surface area contributed by atoms with Gasteiger partial charge < -0.3 is 29.6 Å². The van der Waals surface area contributed by atoms with Gasteiger partial charge >= 0.3 is 0 Å². The topological polar surface area (TPSA) is 88.8 Å². The number of anilines is 1. The van der Waals surface area contributed by atoms with Crippen molar-refractivity contribution in [2.75, 3.05) is 58.5 Å². The lowest BCUT2D eigenvalue weighted by Gasteiger charge is -2.19. The zero-order valence-corrected chi connectivity index (χ0v) is 22.0. The van der Waals surface area contributed by atoms with Gasteiger partial charge in [-0.15, -0.1) is 34.2 Å². The van der Waals surface area contributed by atoms with Gasteiger partial charge in [0, 0.05) is 53.1 Å². The maximum atomic E-state index is 5.52. The number of aryl methyl sites for hydroxylation is 1. The first-order valence-electron chi connectivity index (χ1n) is 10.8. The smallest absolute Gasteiger partial charge is 0.191 e. The normalized spacial score (nSPS) is 11.2. The molecule has 0 atom stereocenters. The minimum absolute atomic E-state index is 0. The number of ether oxygens (including phenoxy) is 2. The van der Waals surface area contributed by atoms with Crippen molar-refractivity contribution in [3.05, 3.63) is 42.0 Å². The number of nitrogens with zero attached hydrogens (tertiary/aromatic N) is 5. The van der Waals surface area contributed by atoms with Crippen LogP contribution in [0.5, 0.6) is 0 Å². The number of guanidine groups is 1. The monoisotopic (exact) mass is 559 g/mol. The number of aliphatic imine (C=N–C) groups is 1. The Bertz CT molecular complexity index is 771. The molecule has 0 aliphatic heterocycles. The number of nitrogens with one attached hydrogen (secondary N) is 2. The lowest BCUT2D eigenvalue weighted by Crippen LogP contribution is -2.39. The van der Waals surface area contributed by atoms with Crippen molar-refractivity contribution in [2.45, 2.75) is 26.3 Å². The quantitative estimate of drug-likeness (QED) is 0.159. The molecule has 9 nitrogen and oxygen atoms in total. The Hall–Kier alpha value is -1.92. The highest BCUT2D eigenvalue weighted by molar-refractivity contribution is 14.0. The highest BCUT2D eigenvalue weighted by atomic mass is 127. The van der Waals surface area contributed by atoms with E-state index >= 15 is 0 Å². The molecule has 2 aromatic rings. The summed E-state index contributed by atoms with van der Waals surface area (Å²) in [5.41, 5.74) is 1.22. The van der Waals surface area contributed by atoms with Crippen LogP contribution in [0.25, 0.3) is 0 Å². The molecule has 0 amide bonds. The lowest BCUT2D eigenvalue weighted by atomic mass is 10.3. The zero-order valence-electron chi connectivity index (χ0n) is 19.7. The molecule has 0 radical (unpaired) electrons. The molecule has 1 aromatic carbocycles. The first-order valence-corrected chi connectivity index (χ1v) is 10.8. The van der Waals surface area contributed by atoms with Gasteiger partial charge in [0.1, 0.15) is 12.4 Å². The molecule has 0 aliphatic rings. The zero-order chi connectivity index (χ0) is 22.3. The van der Waals surface area contributed by atoms with Crippen molar-refractivity contribution in [3.8, 4) is 0 Å². The molecule has 1 aromatic heterocycles. The Morgan fingerprint density at radius 3 is 2.44 bits per heavy atom. The van der Waals surface area contributed by atoms with Crippen LogP contribution in [0.1, 0.15) is 24.5 Å². The van der Waals surface area contributed by atoms with Crippen molar-refractivity contribution in [2.24, 2.45) is 12.0 Å². The van der Waals surface area contributed by atoms with Crippen LogP contribution in [0.15, 0.2) is 35.3 Å². The third kappa shape index (κ3) is 10.6. The summed E-state index contributed by atoms with van der Waals surface area (Å²) in [7, 11) is 5.75. The minimum Gasteiger partial charge on any atom is -0.382 e. The highest BCUT2D eigenvalue weighted by Crippen LogP contribution is 2.10. The van der Waals surface area contributed by atoms with Gasteiger partial charge in [0.15, 0.2) is 11.8 Å². The second-order valence-corrected chi connectivity index (χ2v) is 7.31. The van der Waals surface area contributed by atoms with Crippen LogP contribution < -0.4 is 15.5 Å². The Labute approximate surface area is 209 Å². The summed E-state index contributed by atoms with van der Waals surface area (Å²) in [5.74, 6) is 2.50. The van der Waals surface area contributed by atoms with E-state index in [1.165, 1.54) is 5.69 Å². The fourth-order valence-corrected chi connectivity index (χ4v) is 2.87. The molecule has 32 heavy (non-hydrogen) atoms. The van der Waals surface area contributed by atoms with Gasteiger partial charge in [-0.3, -0.25) is 0 Å². The number of methoxy groups -OCH3 is 1. The SMILES string of the molecule is COCCOCCCNC(=NCc1nnc(C)n1C)NCCCN(C)c1ccccc1.I. The van der Waals surface area contributed by atoms with Crippen molar-refractivity contribution in [1.29, 1.82) is 0 Å². The average molecular weight is 559 g/mol. The van der Waals surface area contributed by atoms with Crippen molar-refractivity contribution in [3.63, 3.8) is 0 Å². The van der Waals surface area contributed by atoms with Crippen LogP contribution in [-0.4, -0.2) is 74.3 Å². The molecule has 0 aliphatic carbocycles. The van der Waals surface area contributed by atoms with Gasteiger partial charge in [-0.05, 0) is 31.9 Å². The number of para-hydroxylation sites is 1. The van der Waals surface area contributed by atoms with Gasteiger partial charge in [0.2, 0.25) is 0 Å². The summed E-state index contributed by atoms with van der Waals surface area (Å²) in [6.07, 6.45) is 1.89.